The molecule has 0 amide bonds. The van der Waals surface area contributed by atoms with Gasteiger partial charge >= 0.3 is 5.96 Å². The van der Waals surface area contributed by atoms with E-state index in [4.69, 9.17) is 5.11 Å². The number of β-amino-alcohol motifs (C(OH)–C–C–N with tert-alkyl or cyclic N) is 1. The number of hydrogen-bond acceptors (Lipinski definition) is 4. The Bertz CT molecular complexity index is 215. The molecule has 1 aliphatic heterocycles. The number of hydrogen-bond donors (Lipinski definition) is 3. The Morgan fingerprint density at radius 1 is 1.83 bits per heavy atom. The molecule has 0 fully saturated rings. The molecule has 0 aromatic rings. The van der Waals surface area contributed by atoms with Gasteiger partial charge in [-0.25, -0.2) is 10.1 Å². The zero-order chi connectivity index (χ0) is 8.97. The SMILES string of the molecule is O=[N+]([O-])NC1=[N+](CCO)CCN1. The summed E-state index contributed by atoms with van der Waals surface area (Å²) >= 11 is 0. The molecule has 7 heteroatoms. The van der Waals surface area contributed by atoms with E-state index in [1.807, 2.05) is 5.43 Å². The minimum Gasteiger partial charge on any atom is -0.393 e. The number of nitrogens with one attached hydrogen (secondary N) is 2. The number of aliphatic hydroxyl groups is 1. The van der Waals surface area contributed by atoms with Crippen molar-refractivity contribution in [3.63, 3.8) is 0 Å². The van der Waals surface area contributed by atoms with Gasteiger partial charge < -0.3 is 5.11 Å². The fourth-order valence-electron chi connectivity index (χ4n) is 1.07. The maximum absolute atomic E-state index is 10.0. The number of nitrogens with zero attached hydrogens (tertiary/aromatic N) is 2. The van der Waals surface area contributed by atoms with Crippen LogP contribution in [0.1, 0.15) is 0 Å². The lowest BCUT2D eigenvalue weighted by molar-refractivity contribution is -0.562. The molecule has 0 saturated carbocycles. The second-order valence-electron chi connectivity index (χ2n) is 2.35. The van der Waals surface area contributed by atoms with Crippen molar-refractivity contribution >= 4 is 5.96 Å². The maximum Gasteiger partial charge on any atom is 0.408 e. The van der Waals surface area contributed by atoms with Crippen molar-refractivity contribution in [3.8, 4) is 0 Å². The zero-order valence-corrected chi connectivity index (χ0v) is 6.49. The van der Waals surface area contributed by atoms with Crippen LogP contribution in [-0.4, -0.2) is 46.9 Å². The molecule has 0 aromatic heterocycles. The van der Waals surface area contributed by atoms with Gasteiger partial charge in [0, 0.05) is 5.43 Å². The largest absolute Gasteiger partial charge is 0.408 e. The summed E-state index contributed by atoms with van der Waals surface area (Å²) in [5, 5.41) is 20.8. The highest BCUT2D eigenvalue weighted by atomic mass is 16.7. The highest BCUT2D eigenvalue weighted by molar-refractivity contribution is 5.74. The fourth-order valence-corrected chi connectivity index (χ4v) is 1.07. The van der Waals surface area contributed by atoms with E-state index in [2.05, 4.69) is 5.32 Å². The lowest BCUT2D eigenvalue weighted by atomic mass is 10.6. The van der Waals surface area contributed by atoms with Gasteiger partial charge in [-0.05, 0) is 0 Å². The average Bonchev–Trinajstić information content (AvgIpc) is 2.37. The van der Waals surface area contributed by atoms with Crippen LogP contribution in [0.15, 0.2) is 0 Å². The summed E-state index contributed by atoms with van der Waals surface area (Å²) in [6, 6.07) is 0. The van der Waals surface area contributed by atoms with Gasteiger partial charge in [-0.15, -0.1) is 0 Å². The van der Waals surface area contributed by atoms with Crippen LogP contribution in [-0.2, 0) is 0 Å². The summed E-state index contributed by atoms with van der Waals surface area (Å²) in [5.41, 5.74) is 2.02. The van der Waals surface area contributed by atoms with Crippen molar-refractivity contribution in [2.75, 3.05) is 26.2 Å². The standard InChI is InChI=1S/C5H10N4O3/c10-4-3-8-2-1-6-5(8)7-9(11)12/h10H,1-4H2,(H,6,7)/p+1. The third-order valence-electron chi connectivity index (χ3n) is 1.56. The second-order valence-corrected chi connectivity index (χ2v) is 2.35. The van der Waals surface area contributed by atoms with Gasteiger partial charge in [0.05, 0.1) is 26.2 Å². The first-order chi connectivity index (χ1) is 5.74. The molecule has 0 aliphatic carbocycles. The molecule has 0 radical (unpaired) electrons. The normalized spacial score (nSPS) is 16.1. The monoisotopic (exact) mass is 175 g/mol. The molecule has 0 atom stereocenters. The Kier molecular flexibility index (Phi) is 2.81. The number of aliphatic hydroxyl groups excluding tert-OH is 1. The van der Waals surface area contributed by atoms with E-state index in [-0.39, 0.29) is 6.61 Å². The van der Waals surface area contributed by atoms with E-state index in [1.165, 1.54) is 0 Å². The molecule has 1 heterocycles. The van der Waals surface area contributed by atoms with Crippen LogP contribution in [0.4, 0.5) is 0 Å². The minimum absolute atomic E-state index is 0.00935. The molecule has 12 heavy (non-hydrogen) atoms. The number of hydrazine groups is 1. The lowest BCUT2D eigenvalue weighted by Gasteiger charge is -1.98. The van der Waals surface area contributed by atoms with Gasteiger partial charge in [0.2, 0.25) is 5.03 Å². The van der Waals surface area contributed by atoms with Gasteiger partial charge in [0.15, 0.2) is 0 Å². The minimum atomic E-state index is -0.627. The molecular formula is C5H11N4O3+. The van der Waals surface area contributed by atoms with Crippen molar-refractivity contribution in [3.05, 3.63) is 10.1 Å². The smallest absolute Gasteiger partial charge is 0.393 e. The molecule has 1 rings (SSSR count). The van der Waals surface area contributed by atoms with Crippen LogP contribution in [0.3, 0.4) is 0 Å². The first kappa shape index (κ1) is 8.72. The number of rotatable bonds is 3. The number of nitro groups is 1. The van der Waals surface area contributed by atoms with Crippen molar-refractivity contribution in [1.82, 2.24) is 10.7 Å². The van der Waals surface area contributed by atoms with Gasteiger partial charge in [0.25, 0.3) is 0 Å². The Morgan fingerprint density at radius 3 is 3.17 bits per heavy atom. The summed E-state index contributed by atoms with van der Waals surface area (Å²) in [7, 11) is 0. The molecule has 3 N–H and O–H groups in total. The molecule has 0 aromatic carbocycles. The van der Waals surface area contributed by atoms with E-state index in [0.717, 1.165) is 0 Å². The van der Waals surface area contributed by atoms with E-state index >= 15 is 0 Å². The van der Waals surface area contributed by atoms with Crippen LogP contribution in [0.2, 0.25) is 0 Å². The highest BCUT2D eigenvalue weighted by Crippen LogP contribution is 1.84. The summed E-state index contributed by atoms with van der Waals surface area (Å²) in [6.07, 6.45) is 0. The average molecular weight is 175 g/mol. The summed E-state index contributed by atoms with van der Waals surface area (Å²) in [5.74, 6) is 0.356. The van der Waals surface area contributed by atoms with Crippen molar-refractivity contribution in [1.29, 1.82) is 0 Å². The van der Waals surface area contributed by atoms with Crippen LogP contribution in [0.5, 0.6) is 0 Å². The van der Waals surface area contributed by atoms with Gasteiger partial charge in [0.1, 0.15) is 0 Å². The molecule has 1 aliphatic rings. The van der Waals surface area contributed by atoms with E-state index in [0.29, 0.717) is 25.6 Å². The lowest BCUT2D eigenvalue weighted by Crippen LogP contribution is -2.41. The first-order valence-corrected chi connectivity index (χ1v) is 3.61. The second kappa shape index (κ2) is 3.86. The van der Waals surface area contributed by atoms with Crippen molar-refractivity contribution in [2.24, 2.45) is 0 Å². The predicted octanol–water partition coefficient (Wildman–Crippen LogP) is -2.27. The van der Waals surface area contributed by atoms with Crippen molar-refractivity contribution < 1.29 is 14.7 Å². The highest BCUT2D eigenvalue weighted by Gasteiger charge is 2.23. The Balaban J connectivity index is 2.56. The van der Waals surface area contributed by atoms with Crippen LogP contribution in [0.25, 0.3) is 0 Å². The fraction of sp³-hybridized carbons (Fsp3) is 0.800. The third-order valence-corrected chi connectivity index (χ3v) is 1.56. The van der Waals surface area contributed by atoms with Crippen molar-refractivity contribution in [2.45, 2.75) is 0 Å². The predicted molar refractivity (Wildman–Crippen MR) is 40.2 cm³/mol. The number of guanidine groups is 1. The van der Waals surface area contributed by atoms with E-state index in [1.54, 1.807) is 4.58 Å². The Morgan fingerprint density at radius 2 is 2.58 bits per heavy atom. The van der Waals surface area contributed by atoms with Gasteiger partial charge in [-0.1, -0.05) is 0 Å². The third kappa shape index (κ3) is 2.06. The zero-order valence-electron chi connectivity index (χ0n) is 6.49. The van der Waals surface area contributed by atoms with E-state index in [9.17, 15) is 10.1 Å². The van der Waals surface area contributed by atoms with Crippen LogP contribution in [0, 0.1) is 10.1 Å². The Labute approximate surface area is 68.8 Å². The van der Waals surface area contributed by atoms with Gasteiger partial charge in [-0.2, -0.15) is 0 Å². The van der Waals surface area contributed by atoms with Gasteiger partial charge in [-0.3, -0.25) is 9.89 Å². The quantitative estimate of drug-likeness (QED) is 0.256. The first-order valence-electron chi connectivity index (χ1n) is 3.61. The molecule has 0 saturated heterocycles. The Hall–Kier alpha value is -1.37. The summed E-state index contributed by atoms with van der Waals surface area (Å²) in [4.78, 5) is 10.0. The molecule has 0 spiro atoms. The molecular weight excluding hydrogens is 164 g/mol. The molecule has 7 nitrogen and oxygen atoms in total. The summed E-state index contributed by atoms with van der Waals surface area (Å²) < 4.78 is 1.68. The van der Waals surface area contributed by atoms with E-state index < -0.39 is 5.03 Å². The van der Waals surface area contributed by atoms with Crippen LogP contribution >= 0.6 is 0 Å². The molecule has 68 valence electrons. The molecule has 0 bridgehead atoms. The summed E-state index contributed by atoms with van der Waals surface area (Å²) in [6.45, 7) is 1.74. The maximum atomic E-state index is 10.0. The van der Waals surface area contributed by atoms with Crippen LogP contribution < -0.4 is 10.7 Å². The topological polar surface area (TPSA) is 90.4 Å². The molecule has 0 unspecified atom stereocenters.